The maximum atomic E-state index is 16.0. The molecule has 6 heterocycles. The summed E-state index contributed by atoms with van der Waals surface area (Å²) in [6.07, 6.45) is 7.76. The standard InChI is InChI=1S/C53H63BrFN10O5P/c1-6-33-29-42(59-52-56-31-38(54)49(61-52)58-41-12-11-40-36(48(41)71(4,5)69)10-9-34(7-2)57-40)45(70-8-3)30-44(33)64-21-16-35(17-22-64)63-25-23-62(24-26-63)20-15-32-27-37-47(39(55)28-32)65(51(68)53(37)18-19-53)43-13-14-46(66)60-50(43)67/h9-12,27-31,35,43H,6-8,13-26H2,1-5H3,(H,60,66,67)(H2,56,58,59,61). The molecule has 0 radical (unpaired) electrons. The van der Waals surface area contributed by atoms with Crippen LogP contribution in [0.3, 0.4) is 0 Å². The molecule has 10 rings (SSSR count). The number of anilines is 6. The Hall–Kier alpha value is -5.48. The van der Waals surface area contributed by atoms with Crippen LogP contribution >= 0.6 is 23.1 Å². The van der Waals surface area contributed by atoms with Crippen molar-refractivity contribution >= 4 is 91.5 Å². The molecule has 4 aliphatic heterocycles. The van der Waals surface area contributed by atoms with E-state index in [1.807, 2.05) is 37.3 Å². The molecule has 1 atom stereocenters. The minimum absolute atomic E-state index is 0.129. The Morgan fingerprint density at radius 3 is 2.37 bits per heavy atom. The lowest BCUT2D eigenvalue weighted by molar-refractivity contribution is -0.135. The lowest BCUT2D eigenvalue weighted by Crippen LogP contribution is -2.54. The first-order chi connectivity index (χ1) is 34.2. The molecule has 3 aromatic carbocycles. The molecule has 2 aromatic heterocycles. The number of pyridine rings is 1. The number of carbonyl (C=O) groups excluding carboxylic acids is 3. The third-order valence-corrected chi connectivity index (χ3v) is 17.3. The first-order valence-electron chi connectivity index (χ1n) is 25.2. The number of aromatic nitrogens is 3. The Morgan fingerprint density at radius 2 is 1.68 bits per heavy atom. The second-order valence-corrected chi connectivity index (χ2v) is 24.0. The molecule has 1 aliphatic carbocycles. The first-order valence-corrected chi connectivity index (χ1v) is 28.6. The number of halogens is 2. The molecule has 3 N–H and O–H groups in total. The van der Waals surface area contributed by atoms with Gasteiger partial charge in [-0.05, 0) is 135 Å². The van der Waals surface area contributed by atoms with Crippen LogP contribution in [0.4, 0.5) is 38.9 Å². The predicted octanol–water partition coefficient (Wildman–Crippen LogP) is 8.20. The van der Waals surface area contributed by atoms with Gasteiger partial charge in [0.15, 0.2) is 0 Å². The lowest BCUT2D eigenvalue weighted by atomic mass is 9.95. The van der Waals surface area contributed by atoms with Gasteiger partial charge in [0.05, 0.1) is 39.1 Å². The van der Waals surface area contributed by atoms with Crippen LogP contribution in [0.25, 0.3) is 10.9 Å². The van der Waals surface area contributed by atoms with Crippen molar-refractivity contribution < 1.29 is 28.1 Å². The molecule has 374 valence electrons. The highest BCUT2D eigenvalue weighted by molar-refractivity contribution is 9.10. The number of ether oxygens (including phenoxy) is 1. The fraction of sp³-hybridized carbons (Fsp3) is 0.472. The lowest BCUT2D eigenvalue weighted by Gasteiger charge is -2.43. The number of fused-ring (bicyclic) bond motifs is 3. The molecule has 18 heteroatoms. The minimum atomic E-state index is -2.75. The Labute approximate surface area is 423 Å². The quantitative estimate of drug-likeness (QED) is 0.0680. The summed E-state index contributed by atoms with van der Waals surface area (Å²) < 4.78 is 36.7. The van der Waals surface area contributed by atoms with Crippen LogP contribution in [0, 0.1) is 5.82 Å². The van der Waals surface area contributed by atoms with Crippen molar-refractivity contribution in [3.05, 3.63) is 87.4 Å². The van der Waals surface area contributed by atoms with Crippen LogP contribution in [-0.4, -0.2) is 120 Å². The summed E-state index contributed by atoms with van der Waals surface area (Å²) in [6.45, 7) is 16.8. The fourth-order valence-corrected chi connectivity index (χ4v) is 13.0. The average molecular weight is 1050 g/mol. The molecule has 5 aromatic rings. The van der Waals surface area contributed by atoms with Gasteiger partial charge in [0.2, 0.25) is 23.7 Å². The van der Waals surface area contributed by atoms with E-state index < -0.39 is 30.3 Å². The number of hydrogen-bond donors (Lipinski definition) is 3. The number of aryl methyl sites for hydroxylation is 2. The first kappa shape index (κ1) is 49.1. The van der Waals surface area contributed by atoms with E-state index in [9.17, 15) is 18.9 Å². The van der Waals surface area contributed by atoms with Crippen LogP contribution in [0.15, 0.2) is 59.2 Å². The van der Waals surface area contributed by atoms with Crippen molar-refractivity contribution in [2.75, 3.05) is 86.2 Å². The van der Waals surface area contributed by atoms with Gasteiger partial charge in [0.1, 0.15) is 30.6 Å². The Morgan fingerprint density at radius 1 is 0.901 bits per heavy atom. The summed E-state index contributed by atoms with van der Waals surface area (Å²) in [5.74, 6) is 0.0736. The molecule has 5 aliphatic rings. The zero-order chi connectivity index (χ0) is 49.8. The van der Waals surface area contributed by atoms with Gasteiger partial charge in [-0.2, -0.15) is 4.98 Å². The number of piperidine rings is 2. The molecule has 1 saturated carbocycles. The summed E-state index contributed by atoms with van der Waals surface area (Å²) >= 11 is 3.64. The van der Waals surface area contributed by atoms with Gasteiger partial charge in [0, 0.05) is 92.6 Å². The van der Waals surface area contributed by atoms with Gasteiger partial charge in [-0.1, -0.05) is 26.0 Å². The third-order valence-electron chi connectivity index (χ3n) is 15.1. The molecule has 3 saturated heterocycles. The molecule has 1 spiro atoms. The Bertz CT molecular complexity index is 2970. The number of piperazine rings is 1. The second-order valence-electron chi connectivity index (χ2n) is 20.0. The number of nitrogens with one attached hydrogen (secondary N) is 3. The highest BCUT2D eigenvalue weighted by Crippen LogP contribution is 2.59. The van der Waals surface area contributed by atoms with E-state index in [-0.39, 0.29) is 30.3 Å². The SMILES string of the molecule is CCOc1cc(N2CCC(N3CCN(CCc4cc(F)c5c(c4)C4(CC4)C(=O)N5C4CCC(=O)NC4=O)CC3)CC2)c(CC)cc1Nc1ncc(Br)c(Nc2ccc3nc(CC)ccc3c2P(C)(C)=O)n1. The smallest absolute Gasteiger partial charge is 0.249 e. The summed E-state index contributed by atoms with van der Waals surface area (Å²) in [5.41, 5.74) is 6.72. The summed E-state index contributed by atoms with van der Waals surface area (Å²) in [4.78, 5) is 61.5. The van der Waals surface area contributed by atoms with E-state index in [0.717, 1.165) is 110 Å². The minimum Gasteiger partial charge on any atom is -0.492 e. The van der Waals surface area contributed by atoms with Gasteiger partial charge in [0.25, 0.3) is 0 Å². The molecule has 0 bridgehead atoms. The summed E-state index contributed by atoms with van der Waals surface area (Å²) in [6, 6.07) is 15.4. The third kappa shape index (κ3) is 9.67. The molecule has 4 fully saturated rings. The van der Waals surface area contributed by atoms with E-state index in [1.165, 1.54) is 22.2 Å². The number of rotatable bonds is 15. The number of imide groups is 1. The van der Waals surface area contributed by atoms with Gasteiger partial charge in [-0.25, -0.2) is 9.37 Å². The van der Waals surface area contributed by atoms with Gasteiger partial charge in [-0.3, -0.25) is 34.5 Å². The number of carbonyl (C=O) groups is 3. The summed E-state index contributed by atoms with van der Waals surface area (Å²) in [7, 11) is -2.75. The van der Waals surface area contributed by atoms with Crippen molar-refractivity contribution in [2.45, 2.75) is 96.1 Å². The molecular weight excluding hydrogens is 987 g/mol. The van der Waals surface area contributed by atoms with Crippen LogP contribution in [0.5, 0.6) is 5.75 Å². The van der Waals surface area contributed by atoms with Crippen molar-refractivity contribution in [1.82, 2.24) is 30.1 Å². The maximum absolute atomic E-state index is 16.0. The van der Waals surface area contributed by atoms with Crippen LogP contribution in [-0.2, 0) is 43.6 Å². The number of amides is 3. The predicted molar refractivity (Wildman–Crippen MR) is 281 cm³/mol. The molecule has 71 heavy (non-hydrogen) atoms. The van der Waals surface area contributed by atoms with Crippen molar-refractivity contribution in [1.29, 1.82) is 0 Å². The van der Waals surface area contributed by atoms with Crippen molar-refractivity contribution in [3.63, 3.8) is 0 Å². The highest BCUT2D eigenvalue weighted by atomic mass is 79.9. The van der Waals surface area contributed by atoms with Crippen molar-refractivity contribution in [3.8, 4) is 5.75 Å². The Balaban J connectivity index is 0.761. The van der Waals surface area contributed by atoms with E-state index >= 15 is 4.39 Å². The number of benzene rings is 3. The molecule has 3 amide bonds. The monoisotopic (exact) mass is 1050 g/mol. The molecule has 1 unspecified atom stereocenters. The van der Waals surface area contributed by atoms with Crippen LogP contribution < -0.4 is 35.8 Å². The normalized spacial score (nSPS) is 19.6. The zero-order valence-corrected chi connectivity index (χ0v) is 43.7. The van der Waals surface area contributed by atoms with E-state index in [2.05, 4.69) is 77.5 Å². The summed E-state index contributed by atoms with van der Waals surface area (Å²) in [5, 5.41) is 10.8. The zero-order valence-electron chi connectivity index (χ0n) is 41.2. The highest BCUT2D eigenvalue weighted by Gasteiger charge is 2.62. The van der Waals surface area contributed by atoms with Crippen molar-refractivity contribution in [2.24, 2.45) is 0 Å². The Kier molecular flexibility index (Phi) is 13.7. The number of hydrogen-bond acceptors (Lipinski definition) is 13. The van der Waals surface area contributed by atoms with Gasteiger partial charge in [-0.15, -0.1) is 0 Å². The maximum Gasteiger partial charge on any atom is 0.249 e. The molecular formula is C53H63BrFN10O5P. The van der Waals surface area contributed by atoms with E-state index in [0.29, 0.717) is 59.4 Å². The van der Waals surface area contributed by atoms with Gasteiger partial charge >= 0.3 is 0 Å². The largest absolute Gasteiger partial charge is 0.492 e. The van der Waals surface area contributed by atoms with E-state index in [4.69, 9.17) is 14.7 Å². The van der Waals surface area contributed by atoms with Crippen LogP contribution in [0.1, 0.15) is 81.7 Å². The fourth-order valence-electron chi connectivity index (χ4n) is 11.2. The topological polar surface area (TPSA) is 165 Å². The molecule has 15 nitrogen and oxygen atoms in total. The number of nitrogens with zero attached hydrogens (tertiary/aromatic N) is 7. The average Bonchev–Trinajstić information content (AvgIpc) is 4.13. The second kappa shape index (κ2) is 19.8. The van der Waals surface area contributed by atoms with Crippen LogP contribution in [0.2, 0.25) is 0 Å². The van der Waals surface area contributed by atoms with E-state index in [1.54, 1.807) is 19.5 Å². The van der Waals surface area contributed by atoms with Gasteiger partial charge < -0.3 is 29.7 Å².